The topological polar surface area (TPSA) is 61.9 Å². The zero-order valence-electron chi connectivity index (χ0n) is 16.0. The Morgan fingerprint density at radius 3 is 2.54 bits per heavy atom. The van der Waals surface area contributed by atoms with Crippen LogP contribution in [0.15, 0.2) is 24.3 Å². The zero-order valence-corrected chi connectivity index (χ0v) is 16.0. The van der Waals surface area contributed by atoms with E-state index in [1.54, 1.807) is 24.3 Å². The number of likely N-dealkylation sites (N-methyl/N-ethyl adjacent to an activating group) is 1. The molecular weight excluding hydrogens is 330 g/mol. The van der Waals surface area contributed by atoms with Crippen LogP contribution in [0.1, 0.15) is 37.0 Å². The summed E-state index contributed by atoms with van der Waals surface area (Å²) in [4.78, 5) is 28.2. The first kappa shape index (κ1) is 20.4. The number of carbonyl (C=O) groups is 2. The first-order valence-electron chi connectivity index (χ1n) is 9.53. The van der Waals surface area contributed by atoms with Crippen LogP contribution >= 0.6 is 0 Å². The van der Waals surface area contributed by atoms with Crippen molar-refractivity contribution in [3.8, 4) is 5.75 Å². The van der Waals surface area contributed by atoms with E-state index in [1.807, 2.05) is 0 Å². The minimum Gasteiger partial charge on any atom is -0.484 e. The number of ketones is 1. The smallest absolute Gasteiger partial charge is 0.257 e. The van der Waals surface area contributed by atoms with Crippen LogP contribution in [0.4, 0.5) is 0 Å². The molecule has 144 valence electrons. The Morgan fingerprint density at radius 1 is 1.12 bits per heavy atom. The summed E-state index contributed by atoms with van der Waals surface area (Å²) in [6.07, 6.45) is 2.06. The van der Waals surface area contributed by atoms with Gasteiger partial charge in [-0.2, -0.15) is 0 Å². The molecular formula is C20H31N3O3. The highest BCUT2D eigenvalue weighted by atomic mass is 16.5. The molecule has 0 bridgehead atoms. The van der Waals surface area contributed by atoms with Crippen molar-refractivity contribution in [2.24, 2.45) is 0 Å². The molecule has 1 heterocycles. The number of hydrogen-bond acceptors (Lipinski definition) is 5. The summed E-state index contributed by atoms with van der Waals surface area (Å²) in [6.45, 7) is 11.2. The molecule has 6 heteroatoms. The highest BCUT2D eigenvalue weighted by Crippen LogP contribution is 2.13. The molecule has 0 aliphatic carbocycles. The summed E-state index contributed by atoms with van der Waals surface area (Å²) in [7, 11) is 0. The fraction of sp³-hybridized carbons (Fsp3) is 0.600. The number of amides is 1. The Hall–Kier alpha value is -1.92. The highest BCUT2D eigenvalue weighted by molar-refractivity contribution is 5.94. The monoisotopic (exact) mass is 361 g/mol. The second kappa shape index (κ2) is 10.9. The van der Waals surface area contributed by atoms with E-state index in [0.717, 1.165) is 52.1 Å². The summed E-state index contributed by atoms with van der Waals surface area (Å²) in [5.41, 5.74) is 0.586. The molecule has 1 saturated heterocycles. The lowest BCUT2D eigenvalue weighted by molar-refractivity contribution is -0.123. The van der Waals surface area contributed by atoms with E-state index in [-0.39, 0.29) is 18.3 Å². The molecule has 0 radical (unpaired) electrons. The van der Waals surface area contributed by atoms with Gasteiger partial charge in [-0.25, -0.2) is 0 Å². The molecule has 1 aromatic rings. The fourth-order valence-electron chi connectivity index (χ4n) is 3.02. The average molecular weight is 361 g/mol. The Kier molecular flexibility index (Phi) is 8.58. The first-order valence-corrected chi connectivity index (χ1v) is 9.53. The second-order valence-electron chi connectivity index (χ2n) is 6.71. The Balaban J connectivity index is 1.54. The molecule has 1 fully saturated rings. The van der Waals surface area contributed by atoms with Gasteiger partial charge in [0.1, 0.15) is 5.75 Å². The predicted molar refractivity (Wildman–Crippen MR) is 103 cm³/mol. The minimum absolute atomic E-state index is 0.0176. The average Bonchev–Trinajstić information content (AvgIpc) is 2.66. The van der Waals surface area contributed by atoms with Crippen LogP contribution in [0, 0.1) is 0 Å². The lowest BCUT2D eigenvalue weighted by atomic mass is 10.1. The second-order valence-corrected chi connectivity index (χ2v) is 6.71. The van der Waals surface area contributed by atoms with Crippen molar-refractivity contribution in [2.45, 2.75) is 26.7 Å². The van der Waals surface area contributed by atoms with Crippen LogP contribution in [-0.4, -0.2) is 73.9 Å². The first-order chi connectivity index (χ1) is 12.6. The zero-order chi connectivity index (χ0) is 18.8. The van der Waals surface area contributed by atoms with E-state index in [0.29, 0.717) is 17.9 Å². The largest absolute Gasteiger partial charge is 0.484 e. The lowest BCUT2D eigenvalue weighted by Crippen LogP contribution is -2.46. The molecule has 1 aliphatic heterocycles. The summed E-state index contributed by atoms with van der Waals surface area (Å²) < 4.78 is 5.45. The number of nitrogens with zero attached hydrogens (tertiary/aromatic N) is 2. The molecule has 0 unspecified atom stereocenters. The number of nitrogens with one attached hydrogen (secondary N) is 1. The molecule has 0 saturated carbocycles. The Bertz CT molecular complexity index is 583. The van der Waals surface area contributed by atoms with Crippen LogP contribution in [0.25, 0.3) is 0 Å². The molecule has 1 aromatic carbocycles. The maximum absolute atomic E-state index is 11.9. The van der Waals surface area contributed by atoms with Crippen molar-refractivity contribution < 1.29 is 14.3 Å². The number of ether oxygens (including phenoxy) is 1. The van der Waals surface area contributed by atoms with E-state index < -0.39 is 0 Å². The summed E-state index contributed by atoms with van der Waals surface area (Å²) in [5.74, 6) is 0.393. The SMILES string of the molecule is CCN1CCN(CCCCNC(=O)COc2cccc(C(C)=O)c2)CC1. The number of piperazine rings is 1. The Morgan fingerprint density at radius 2 is 1.85 bits per heavy atom. The van der Waals surface area contributed by atoms with Gasteiger partial charge in [-0.1, -0.05) is 19.1 Å². The van der Waals surface area contributed by atoms with Gasteiger partial charge in [-0.3, -0.25) is 9.59 Å². The molecule has 0 atom stereocenters. The van der Waals surface area contributed by atoms with E-state index >= 15 is 0 Å². The summed E-state index contributed by atoms with van der Waals surface area (Å²) in [5, 5.41) is 2.89. The predicted octanol–water partition coefficient (Wildman–Crippen LogP) is 1.80. The van der Waals surface area contributed by atoms with Gasteiger partial charge in [0.2, 0.25) is 0 Å². The third-order valence-corrected chi connectivity index (χ3v) is 4.75. The number of benzene rings is 1. The summed E-state index contributed by atoms with van der Waals surface area (Å²) in [6, 6.07) is 6.90. The van der Waals surface area contributed by atoms with Gasteiger partial charge in [-0.05, 0) is 45.0 Å². The van der Waals surface area contributed by atoms with E-state index in [4.69, 9.17) is 4.74 Å². The molecule has 0 aromatic heterocycles. The molecule has 6 nitrogen and oxygen atoms in total. The number of rotatable bonds is 10. The van der Waals surface area contributed by atoms with Gasteiger partial charge in [-0.15, -0.1) is 0 Å². The van der Waals surface area contributed by atoms with Crippen molar-refractivity contribution in [1.82, 2.24) is 15.1 Å². The van der Waals surface area contributed by atoms with Crippen LogP contribution in [0.5, 0.6) is 5.75 Å². The number of hydrogen-bond donors (Lipinski definition) is 1. The van der Waals surface area contributed by atoms with Crippen molar-refractivity contribution in [3.63, 3.8) is 0 Å². The third kappa shape index (κ3) is 7.14. The summed E-state index contributed by atoms with van der Waals surface area (Å²) >= 11 is 0. The van der Waals surface area contributed by atoms with Crippen molar-refractivity contribution >= 4 is 11.7 Å². The quantitative estimate of drug-likeness (QED) is 0.509. The van der Waals surface area contributed by atoms with Crippen LogP contribution in [0.2, 0.25) is 0 Å². The standard InChI is InChI=1S/C20H31N3O3/c1-3-22-11-13-23(14-12-22)10-5-4-9-21-20(25)16-26-19-8-6-7-18(15-19)17(2)24/h6-8,15H,3-5,9-14,16H2,1-2H3,(H,21,25). The van der Waals surface area contributed by atoms with Gasteiger partial charge in [0.25, 0.3) is 5.91 Å². The van der Waals surface area contributed by atoms with Gasteiger partial charge < -0.3 is 19.9 Å². The molecule has 1 amide bonds. The van der Waals surface area contributed by atoms with Crippen molar-refractivity contribution in [2.75, 3.05) is 52.4 Å². The van der Waals surface area contributed by atoms with E-state index in [9.17, 15) is 9.59 Å². The molecule has 2 rings (SSSR count). The van der Waals surface area contributed by atoms with E-state index in [2.05, 4.69) is 22.0 Å². The number of Topliss-reactive ketones (excluding diaryl/α,β-unsaturated/α-hetero) is 1. The van der Waals surface area contributed by atoms with Gasteiger partial charge >= 0.3 is 0 Å². The van der Waals surface area contributed by atoms with Crippen LogP contribution in [-0.2, 0) is 4.79 Å². The molecule has 1 N–H and O–H groups in total. The fourth-order valence-corrected chi connectivity index (χ4v) is 3.02. The van der Waals surface area contributed by atoms with Crippen molar-refractivity contribution in [3.05, 3.63) is 29.8 Å². The molecule has 1 aliphatic rings. The van der Waals surface area contributed by atoms with E-state index in [1.165, 1.54) is 6.92 Å². The Labute approximate surface area is 156 Å². The maximum atomic E-state index is 11.9. The van der Waals surface area contributed by atoms with Crippen LogP contribution in [0.3, 0.4) is 0 Å². The molecule has 26 heavy (non-hydrogen) atoms. The van der Waals surface area contributed by atoms with Gasteiger partial charge in [0.15, 0.2) is 12.4 Å². The number of unbranched alkanes of at least 4 members (excludes halogenated alkanes) is 1. The van der Waals surface area contributed by atoms with Crippen molar-refractivity contribution in [1.29, 1.82) is 0 Å². The van der Waals surface area contributed by atoms with Gasteiger partial charge in [0, 0.05) is 38.3 Å². The normalized spacial score (nSPS) is 15.6. The minimum atomic E-state index is -0.130. The highest BCUT2D eigenvalue weighted by Gasteiger charge is 2.14. The molecule has 0 spiro atoms. The van der Waals surface area contributed by atoms with Gasteiger partial charge in [0.05, 0.1) is 0 Å². The van der Waals surface area contributed by atoms with Crippen LogP contribution < -0.4 is 10.1 Å². The number of carbonyl (C=O) groups excluding carboxylic acids is 2. The lowest BCUT2D eigenvalue weighted by Gasteiger charge is -2.33. The maximum Gasteiger partial charge on any atom is 0.257 e. The third-order valence-electron chi connectivity index (χ3n) is 4.75.